The molecule has 3 heterocycles. The highest BCUT2D eigenvalue weighted by Gasteiger charge is 2.25. The van der Waals surface area contributed by atoms with E-state index in [1.54, 1.807) is 19.2 Å². The molecule has 2 unspecified atom stereocenters. The van der Waals surface area contributed by atoms with Crippen LogP contribution in [0.15, 0.2) is 30.5 Å². The molecule has 2 aromatic rings. The van der Waals surface area contributed by atoms with Crippen LogP contribution in [0, 0.1) is 0 Å². The number of hydrogen-bond acceptors (Lipinski definition) is 6. The van der Waals surface area contributed by atoms with Crippen LogP contribution in [-0.4, -0.2) is 36.4 Å². The van der Waals surface area contributed by atoms with Gasteiger partial charge in [0.1, 0.15) is 30.5 Å². The summed E-state index contributed by atoms with van der Waals surface area (Å²) in [7, 11) is 0. The molecule has 2 aliphatic heterocycles. The van der Waals surface area contributed by atoms with Gasteiger partial charge < -0.3 is 19.5 Å². The van der Waals surface area contributed by atoms with Crippen molar-refractivity contribution in [1.82, 2.24) is 10.3 Å². The summed E-state index contributed by atoms with van der Waals surface area (Å²) >= 11 is 0. The van der Waals surface area contributed by atoms with E-state index in [1.807, 2.05) is 18.2 Å². The zero-order valence-electron chi connectivity index (χ0n) is 15.5. The minimum Gasteiger partial charge on any atom is -0.492 e. The second kappa shape index (κ2) is 7.44. The van der Waals surface area contributed by atoms with Crippen LogP contribution in [0.4, 0.5) is 10.6 Å². The molecule has 27 heavy (non-hydrogen) atoms. The topological polar surface area (TPSA) is 81.7 Å². The Balaban J connectivity index is 1.50. The SMILES string of the molecule is CCOC(=O)Nc1cc2c(cn1)OCc1cc(OCC3CC(C)N3)ccc1-2. The fourth-order valence-corrected chi connectivity index (χ4v) is 3.42. The molecular formula is C20H23N3O4. The van der Waals surface area contributed by atoms with Crippen LogP contribution in [0.25, 0.3) is 11.1 Å². The van der Waals surface area contributed by atoms with Gasteiger partial charge in [0, 0.05) is 23.2 Å². The second-order valence-corrected chi connectivity index (χ2v) is 6.83. The lowest BCUT2D eigenvalue weighted by Gasteiger charge is -2.34. The molecule has 0 radical (unpaired) electrons. The second-order valence-electron chi connectivity index (χ2n) is 6.83. The van der Waals surface area contributed by atoms with Gasteiger partial charge in [-0.2, -0.15) is 0 Å². The summed E-state index contributed by atoms with van der Waals surface area (Å²) in [4.78, 5) is 15.8. The molecule has 0 bridgehead atoms. The molecule has 0 spiro atoms. The normalized spacial score (nSPS) is 19.8. The number of benzene rings is 1. The molecule has 2 N–H and O–H groups in total. The lowest BCUT2D eigenvalue weighted by molar-refractivity contribution is 0.168. The van der Waals surface area contributed by atoms with Gasteiger partial charge in [-0.1, -0.05) is 6.07 Å². The Hall–Kier alpha value is -2.80. The number of pyridine rings is 1. The lowest BCUT2D eigenvalue weighted by Crippen LogP contribution is -2.53. The van der Waals surface area contributed by atoms with E-state index < -0.39 is 6.09 Å². The predicted octanol–water partition coefficient (Wildman–Crippen LogP) is 3.34. The van der Waals surface area contributed by atoms with E-state index in [0.29, 0.717) is 43.5 Å². The number of ether oxygens (including phenoxy) is 3. The van der Waals surface area contributed by atoms with E-state index in [0.717, 1.165) is 28.9 Å². The summed E-state index contributed by atoms with van der Waals surface area (Å²) in [5.74, 6) is 1.95. The summed E-state index contributed by atoms with van der Waals surface area (Å²) in [5.41, 5.74) is 2.98. The minimum absolute atomic E-state index is 0.306. The standard InChI is InChI=1S/C20H23N3O4/c1-3-25-20(24)23-19-8-17-16-5-4-15(26-11-14-6-12(2)22-14)7-13(16)10-27-18(17)9-21-19/h4-5,7-9,12,14,22H,3,6,10-11H2,1-2H3,(H,21,23,24). The predicted molar refractivity (Wildman–Crippen MR) is 101 cm³/mol. The number of carbonyl (C=O) groups is 1. The van der Waals surface area contributed by atoms with Crippen LogP contribution in [-0.2, 0) is 11.3 Å². The first kappa shape index (κ1) is 17.6. The third-order valence-corrected chi connectivity index (χ3v) is 4.73. The number of aromatic nitrogens is 1. The highest BCUT2D eigenvalue weighted by Crippen LogP contribution is 2.39. The molecule has 4 rings (SSSR count). The highest BCUT2D eigenvalue weighted by atomic mass is 16.5. The van der Waals surface area contributed by atoms with Crippen molar-refractivity contribution in [3.63, 3.8) is 0 Å². The molecule has 2 atom stereocenters. The Morgan fingerprint density at radius 1 is 1.37 bits per heavy atom. The Bertz CT molecular complexity index is 849. The molecule has 0 saturated carbocycles. The molecule has 1 fully saturated rings. The van der Waals surface area contributed by atoms with E-state index in [1.165, 1.54) is 0 Å². The first-order valence-electron chi connectivity index (χ1n) is 9.21. The van der Waals surface area contributed by atoms with Gasteiger partial charge in [-0.3, -0.25) is 5.32 Å². The van der Waals surface area contributed by atoms with Crippen molar-refractivity contribution < 1.29 is 19.0 Å². The van der Waals surface area contributed by atoms with Gasteiger partial charge in [0.05, 0.1) is 12.8 Å². The van der Waals surface area contributed by atoms with Gasteiger partial charge in [-0.15, -0.1) is 0 Å². The molecule has 7 heteroatoms. The average Bonchev–Trinajstić information content (AvgIpc) is 2.64. The van der Waals surface area contributed by atoms with Gasteiger partial charge in [-0.25, -0.2) is 9.78 Å². The van der Waals surface area contributed by atoms with Crippen LogP contribution >= 0.6 is 0 Å². The Labute approximate surface area is 158 Å². The van der Waals surface area contributed by atoms with Gasteiger partial charge in [0.2, 0.25) is 0 Å². The van der Waals surface area contributed by atoms with Gasteiger partial charge in [-0.05, 0) is 44.0 Å². The fourth-order valence-electron chi connectivity index (χ4n) is 3.42. The number of anilines is 1. The van der Waals surface area contributed by atoms with Gasteiger partial charge >= 0.3 is 6.09 Å². The molecule has 1 saturated heterocycles. The lowest BCUT2D eigenvalue weighted by atomic mass is 9.97. The van der Waals surface area contributed by atoms with E-state index in [4.69, 9.17) is 14.2 Å². The number of hydrogen-bond donors (Lipinski definition) is 2. The quantitative estimate of drug-likeness (QED) is 0.841. The van der Waals surface area contributed by atoms with Crippen molar-refractivity contribution >= 4 is 11.9 Å². The minimum atomic E-state index is -0.524. The summed E-state index contributed by atoms with van der Waals surface area (Å²) in [6.45, 7) is 5.36. The van der Waals surface area contributed by atoms with Crippen LogP contribution in [0.2, 0.25) is 0 Å². The van der Waals surface area contributed by atoms with E-state index in [2.05, 4.69) is 22.5 Å². The number of fused-ring (bicyclic) bond motifs is 3. The smallest absolute Gasteiger partial charge is 0.412 e. The molecule has 1 amide bonds. The van der Waals surface area contributed by atoms with E-state index in [-0.39, 0.29) is 0 Å². The Morgan fingerprint density at radius 2 is 2.22 bits per heavy atom. The van der Waals surface area contributed by atoms with E-state index in [9.17, 15) is 4.79 Å². The average molecular weight is 369 g/mol. The third kappa shape index (κ3) is 3.83. The summed E-state index contributed by atoms with van der Waals surface area (Å²) < 4.78 is 16.6. The number of nitrogens with zero attached hydrogens (tertiary/aromatic N) is 1. The maximum Gasteiger partial charge on any atom is 0.412 e. The number of carbonyl (C=O) groups excluding carboxylic acids is 1. The van der Waals surface area contributed by atoms with Crippen molar-refractivity contribution in [2.45, 2.75) is 39.0 Å². The third-order valence-electron chi connectivity index (χ3n) is 4.73. The number of nitrogens with one attached hydrogen (secondary N) is 2. The Morgan fingerprint density at radius 3 is 3.00 bits per heavy atom. The Kier molecular flexibility index (Phi) is 4.85. The maximum atomic E-state index is 11.6. The molecule has 142 valence electrons. The summed E-state index contributed by atoms with van der Waals surface area (Å²) in [5, 5.41) is 6.04. The van der Waals surface area contributed by atoms with Gasteiger partial charge in [0.15, 0.2) is 0 Å². The van der Waals surface area contributed by atoms with Crippen molar-refractivity contribution in [2.24, 2.45) is 0 Å². The number of amides is 1. The molecule has 2 aliphatic rings. The molecule has 1 aromatic carbocycles. The van der Waals surface area contributed by atoms with Crippen molar-refractivity contribution in [3.8, 4) is 22.6 Å². The summed E-state index contributed by atoms with van der Waals surface area (Å²) in [6, 6.07) is 8.81. The van der Waals surface area contributed by atoms with Gasteiger partial charge in [0.25, 0.3) is 0 Å². The maximum absolute atomic E-state index is 11.6. The zero-order valence-corrected chi connectivity index (χ0v) is 15.5. The molecular weight excluding hydrogens is 346 g/mol. The largest absolute Gasteiger partial charge is 0.492 e. The zero-order chi connectivity index (χ0) is 18.8. The van der Waals surface area contributed by atoms with Crippen LogP contribution in [0.1, 0.15) is 25.8 Å². The molecule has 1 aromatic heterocycles. The number of rotatable bonds is 5. The van der Waals surface area contributed by atoms with Crippen molar-refractivity contribution in [2.75, 3.05) is 18.5 Å². The van der Waals surface area contributed by atoms with Crippen LogP contribution in [0.5, 0.6) is 11.5 Å². The first-order chi connectivity index (χ1) is 13.1. The van der Waals surface area contributed by atoms with Crippen LogP contribution < -0.4 is 20.1 Å². The fraction of sp³-hybridized carbons (Fsp3) is 0.400. The van der Waals surface area contributed by atoms with E-state index >= 15 is 0 Å². The first-order valence-corrected chi connectivity index (χ1v) is 9.21. The van der Waals surface area contributed by atoms with Crippen molar-refractivity contribution in [3.05, 3.63) is 36.0 Å². The molecule has 0 aliphatic carbocycles. The highest BCUT2D eigenvalue weighted by molar-refractivity contribution is 5.86. The summed E-state index contributed by atoms with van der Waals surface area (Å²) in [6.07, 6.45) is 2.24. The van der Waals surface area contributed by atoms with Crippen LogP contribution in [0.3, 0.4) is 0 Å². The monoisotopic (exact) mass is 369 g/mol. The molecule has 7 nitrogen and oxygen atoms in total. The van der Waals surface area contributed by atoms with Crippen molar-refractivity contribution in [1.29, 1.82) is 0 Å².